The normalized spacial score (nSPS) is 10.6. The van der Waals surface area contributed by atoms with E-state index in [-0.39, 0.29) is 5.15 Å². The van der Waals surface area contributed by atoms with Crippen LogP contribution in [-0.2, 0) is 13.0 Å². The van der Waals surface area contributed by atoms with E-state index in [4.69, 9.17) is 11.6 Å². The van der Waals surface area contributed by atoms with E-state index < -0.39 is 0 Å². The Hall–Kier alpha value is -2.90. The highest BCUT2D eigenvalue weighted by Crippen LogP contribution is 2.29. The molecule has 0 saturated carbocycles. The number of hydrogen-bond acceptors (Lipinski definition) is 3. The third-order valence-electron chi connectivity index (χ3n) is 4.59. The van der Waals surface area contributed by atoms with Crippen molar-refractivity contribution in [2.45, 2.75) is 32.7 Å². The largest absolute Gasteiger partial charge is 0.320 e. The Bertz CT molecular complexity index is 1000. The first-order chi connectivity index (χ1) is 13.2. The molecule has 136 valence electrons. The van der Waals surface area contributed by atoms with Crippen molar-refractivity contribution in [3.8, 4) is 17.2 Å². The summed E-state index contributed by atoms with van der Waals surface area (Å²) in [7, 11) is 0. The Kier molecular flexibility index (Phi) is 6.05. The lowest BCUT2D eigenvalue weighted by Gasteiger charge is -2.14. The maximum Gasteiger partial charge on any atom is 0.169 e. The number of rotatable bonds is 7. The molecule has 3 aromatic rings. The van der Waals surface area contributed by atoms with Crippen molar-refractivity contribution < 1.29 is 4.79 Å². The molecule has 0 aliphatic heterocycles. The molecule has 27 heavy (non-hydrogen) atoms. The van der Waals surface area contributed by atoms with Gasteiger partial charge in [-0.05, 0) is 29.2 Å². The topological polar surface area (TPSA) is 58.7 Å². The van der Waals surface area contributed by atoms with Crippen LogP contribution in [0.3, 0.4) is 0 Å². The zero-order valence-electron chi connectivity index (χ0n) is 15.2. The number of nitrogens with zero attached hydrogens (tertiary/aromatic N) is 3. The van der Waals surface area contributed by atoms with Crippen molar-refractivity contribution in [1.29, 1.82) is 5.26 Å². The molecular weight excluding hydrogens is 358 g/mol. The smallest absolute Gasteiger partial charge is 0.169 e. The van der Waals surface area contributed by atoms with Gasteiger partial charge in [-0.15, -0.1) is 0 Å². The molecular formula is C22H20ClN3O. The Morgan fingerprint density at radius 1 is 1.15 bits per heavy atom. The third kappa shape index (κ3) is 3.94. The van der Waals surface area contributed by atoms with Crippen LogP contribution in [0.1, 0.15) is 47.2 Å². The predicted octanol–water partition coefficient (Wildman–Crippen LogP) is 5.28. The van der Waals surface area contributed by atoms with Crippen LogP contribution in [0.15, 0.2) is 48.5 Å². The molecule has 0 fully saturated rings. The average Bonchev–Trinajstić information content (AvgIpc) is 3.00. The lowest BCUT2D eigenvalue weighted by atomic mass is 9.95. The Balaban J connectivity index is 2.08. The summed E-state index contributed by atoms with van der Waals surface area (Å²) >= 11 is 6.19. The molecule has 0 radical (unpaired) electrons. The Labute approximate surface area is 164 Å². The average molecular weight is 378 g/mol. The number of aldehydes is 1. The summed E-state index contributed by atoms with van der Waals surface area (Å²) in [5.41, 5.74) is 3.87. The van der Waals surface area contributed by atoms with Crippen LogP contribution in [0.5, 0.6) is 0 Å². The van der Waals surface area contributed by atoms with Gasteiger partial charge in [0.25, 0.3) is 0 Å². The zero-order valence-corrected chi connectivity index (χ0v) is 15.9. The third-order valence-corrected chi connectivity index (χ3v) is 4.87. The zero-order chi connectivity index (χ0) is 19.2. The van der Waals surface area contributed by atoms with Crippen molar-refractivity contribution >= 4 is 17.9 Å². The second kappa shape index (κ2) is 8.66. The summed E-state index contributed by atoms with van der Waals surface area (Å²) in [5, 5.41) is 9.70. The van der Waals surface area contributed by atoms with E-state index in [1.54, 1.807) is 0 Å². The van der Waals surface area contributed by atoms with E-state index in [2.05, 4.69) is 18.0 Å². The number of hydrogen-bond donors (Lipinski definition) is 0. The van der Waals surface area contributed by atoms with Crippen LogP contribution in [0.25, 0.3) is 11.1 Å². The van der Waals surface area contributed by atoms with Gasteiger partial charge in [0, 0.05) is 6.42 Å². The molecule has 0 atom stereocenters. The summed E-state index contributed by atoms with van der Waals surface area (Å²) in [6.45, 7) is 2.59. The first-order valence-corrected chi connectivity index (χ1v) is 9.34. The minimum atomic E-state index is 0.242. The summed E-state index contributed by atoms with van der Waals surface area (Å²) < 4.78 is 1.89. The van der Waals surface area contributed by atoms with E-state index in [1.807, 2.05) is 53.1 Å². The quantitative estimate of drug-likeness (QED) is 0.526. The molecule has 3 rings (SSSR count). The van der Waals surface area contributed by atoms with Crippen molar-refractivity contribution in [2.24, 2.45) is 0 Å². The van der Waals surface area contributed by atoms with Crippen molar-refractivity contribution in [2.75, 3.05) is 0 Å². The van der Waals surface area contributed by atoms with E-state index in [1.165, 1.54) is 0 Å². The second-order valence-corrected chi connectivity index (χ2v) is 6.68. The van der Waals surface area contributed by atoms with E-state index in [0.29, 0.717) is 17.8 Å². The fourth-order valence-electron chi connectivity index (χ4n) is 3.20. The fraction of sp³-hybridized carbons (Fsp3) is 0.227. The molecule has 0 aliphatic rings. The lowest BCUT2D eigenvalue weighted by Crippen LogP contribution is -2.09. The molecule has 4 nitrogen and oxygen atoms in total. The number of imidazole rings is 1. The van der Waals surface area contributed by atoms with E-state index in [0.717, 1.165) is 48.1 Å². The number of carbonyl (C=O) groups is 1. The highest BCUT2D eigenvalue weighted by atomic mass is 35.5. The van der Waals surface area contributed by atoms with Gasteiger partial charge in [0.1, 0.15) is 11.5 Å². The minimum Gasteiger partial charge on any atom is -0.320 e. The number of aryl methyl sites for hydroxylation is 1. The van der Waals surface area contributed by atoms with Crippen molar-refractivity contribution in [1.82, 2.24) is 9.55 Å². The summed E-state index contributed by atoms with van der Waals surface area (Å²) in [4.78, 5) is 16.0. The van der Waals surface area contributed by atoms with Gasteiger partial charge in [0.2, 0.25) is 0 Å². The first kappa shape index (κ1) is 18.9. The number of carbonyl (C=O) groups excluding carboxylic acids is 1. The summed E-state index contributed by atoms with van der Waals surface area (Å²) in [5.74, 6) is 0.812. The van der Waals surface area contributed by atoms with Gasteiger partial charge in [0.15, 0.2) is 11.4 Å². The molecule has 5 heteroatoms. The van der Waals surface area contributed by atoms with Crippen LogP contribution in [0.2, 0.25) is 5.15 Å². The second-order valence-electron chi connectivity index (χ2n) is 6.33. The maximum atomic E-state index is 11.6. The highest BCUT2D eigenvalue weighted by molar-refractivity contribution is 6.31. The number of halogens is 1. The highest BCUT2D eigenvalue weighted by Gasteiger charge is 2.17. The van der Waals surface area contributed by atoms with Crippen LogP contribution in [-0.4, -0.2) is 15.8 Å². The molecule has 0 spiro atoms. The van der Waals surface area contributed by atoms with E-state index >= 15 is 0 Å². The standard InChI is InChI=1S/C22H20ClN3O/c1-2-3-12-21-25-22(23)20(15-27)26(21)14-17-9-5-7-11-19(17)18-10-6-4-8-16(18)13-24/h4-11,15H,2-3,12,14H2,1H3. The predicted molar refractivity (Wildman–Crippen MR) is 107 cm³/mol. The minimum absolute atomic E-state index is 0.242. The van der Waals surface area contributed by atoms with Crippen molar-refractivity contribution in [3.63, 3.8) is 0 Å². The lowest BCUT2D eigenvalue weighted by molar-refractivity contribution is 0.111. The summed E-state index contributed by atoms with van der Waals surface area (Å²) in [6.07, 6.45) is 3.54. The van der Waals surface area contributed by atoms with E-state index in [9.17, 15) is 10.1 Å². The molecule has 0 saturated heterocycles. The SMILES string of the molecule is CCCCc1nc(Cl)c(C=O)n1Cc1ccccc1-c1ccccc1C#N. The molecule has 1 heterocycles. The van der Waals surface area contributed by atoms with Gasteiger partial charge in [0.05, 0.1) is 18.2 Å². The molecule has 0 amide bonds. The monoisotopic (exact) mass is 377 g/mol. The van der Waals surface area contributed by atoms with Gasteiger partial charge in [-0.1, -0.05) is 67.4 Å². The van der Waals surface area contributed by atoms with Gasteiger partial charge in [-0.25, -0.2) is 4.98 Å². The number of benzene rings is 2. The fourth-order valence-corrected chi connectivity index (χ4v) is 3.45. The molecule has 0 bridgehead atoms. The molecule has 0 unspecified atom stereocenters. The van der Waals surface area contributed by atoms with Gasteiger partial charge in [-0.2, -0.15) is 5.26 Å². The van der Waals surface area contributed by atoms with Gasteiger partial charge < -0.3 is 4.57 Å². The Morgan fingerprint density at radius 3 is 2.56 bits per heavy atom. The number of unbranched alkanes of at least 4 members (excludes halogenated alkanes) is 1. The van der Waals surface area contributed by atoms with Crippen LogP contribution < -0.4 is 0 Å². The Morgan fingerprint density at radius 2 is 1.85 bits per heavy atom. The summed E-state index contributed by atoms with van der Waals surface area (Å²) in [6, 6.07) is 17.7. The number of aromatic nitrogens is 2. The van der Waals surface area contributed by atoms with Gasteiger partial charge in [-0.3, -0.25) is 4.79 Å². The van der Waals surface area contributed by atoms with Crippen molar-refractivity contribution in [3.05, 3.63) is 76.3 Å². The van der Waals surface area contributed by atoms with Crippen LogP contribution in [0, 0.1) is 11.3 Å². The molecule has 0 N–H and O–H groups in total. The van der Waals surface area contributed by atoms with Crippen LogP contribution in [0.4, 0.5) is 0 Å². The first-order valence-electron chi connectivity index (χ1n) is 8.97. The molecule has 1 aromatic heterocycles. The molecule has 0 aliphatic carbocycles. The maximum absolute atomic E-state index is 11.6. The van der Waals surface area contributed by atoms with Gasteiger partial charge >= 0.3 is 0 Å². The van der Waals surface area contributed by atoms with Crippen LogP contribution >= 0.6 is 11.6 Å². The number of nitriles is 1. The molecule has 2 aromatic carbocycles.